The van der Waals surface area contributed by atoms with E-state index in [1.54, 1.807) is 0 Å². The highest BCUT2D eigenvalue weighted by atomic mass is 16.5. The maximum absolute atomic E-state index is 12.9. The van der Waals surface area contributed by atoms with E-state index in [1.165, 1.54) is 5.56 Å². The molecule has 2 atom stereocenters. The van der Waals surface area contributed by atoms with E-state index in [1.807, 2.05) is 62.4 Å². The van der Waals surface area contributed by atoms with E-state index < -0.39 is 5.41 Å². The average Bonchev–Trinajstić information content (AvgIpc) is 2.66. The second-order valence-electron chi connectivity index (χ2n) is 6.91. The Morgan fingerprint density at radius 2 is 1.33 bits per heavy atom. The fourth-order valence-corrected chi connectivity index (χ4v) is 2.89. The molecule has 0 aliphatic carbocycles. The van der Waals surface area contributed by atoms with Gasteiger partial charge in [0.05, 0.1) is 5.41 Å². The van der Waals surface area contributed by atoms with Crippen LogP contribution in [0.1, 0.15) is 51.7 Å². The lowest BCUT2D eigenvalue weighted by atomic mass is 9.79. The van der Waals surface area contributed by atoms with Crippen molar-refractivity contribution in [1.82, 2.24) is 0 Å². The van der Waals surface area contributed by atoms with Crippen LogP contribution in [-0.2, 0) is 20.4 Å². The molecule has 0 aliphatic heterocycles. The molecule has 0 heterocycles. The lowest BCUT2D eigenvalue weighted by Gasteiger charge is -2.32. The van der Waals surface area contributed by atoms with Gasteiger partial charge in [0.15, 0.2) is 0 Å². The van der Waals surface area contributed by atoms with Crippen molar-refractivity contribution < 1.29 is 9.53 Å². The zero-order valence-electron chi connectivity index (χ0n) is 15.2. The molecule has 0 radical (unpaired) electrons. The summed E-state index contributed by atoms with van der Waals surface area (Å²) in [7, 11) is 0. The van der Waals surface area contributed by atoms with E-state index in [2.05, 4.69) is 26.0 Å². The predicted molar refractivity (Wildman–Crippen MR) is 99.1 cm³/mol. The molecule has 0 aromatic heterocycles. The fourth-order valence-electron chi connectivity index (χ4n) is 2.89. The van der Waals surface area contributed by atoms with Crippen LogP contribution in [0.3, 0.4) is 0 Å². The lowest BCUT2D eigenvalue weighted by molar-refractivity contribution is -0.152. The van der Waals surface area contributed by atoms with Gasteiger partial charge in [0, 0.05) is 5.41 Å². The van der Waals surface area contributed by atoms with Crippen LogP contribution in [0, 0.1) is 0 Å². The summed E-state index contributed by atoms with van der Waals surface area (Å²) in [5.74, 6) is -0.146. The van der Waals surface area contributed by atoms with Crippen molar-refractivity contribution in [2.24, 2.45) is 0 Å². The van der Waals surface area contributed by atoms with Gasteiger partial charge in [0.25, 0.3) is 0 Å². The first kappa shape index (κ1) is 18.3. The second kappa shape index (κ2) is 7.65. The molecular formula is C22H28O2. The molecule has 2 aromatic rings. The van der Waals surface area contributed by atoms with Crippen molar-refractivity contribution in [3.8, 4) is 0 Å². The maximum Gasteiger partial charge on any atom is 0.316 e. The van der Waals surface area contributed by atoms with Crippen LogP contribution in [0.2, 0.25) is 0 Å². The van der Waals surface area contributed by atoms with Gasteiger partial charge in [-0.25, -0.2) is 0 Å². The van der Waals surface area contributed by atoms with E-state index >= 15 is 0 Å². The Morgan fingerprint density at radius 1 is 0.833 bits per heavy atom. The minimum Gasteiger partial charge on any atom is -0.464 e. The fraction of sp³-hybridized carbons (Fsp3) is 0.409. The molecule has 0 saturated carbocycles. The molecule has 0 aliphatic rings. The molecule has 2 aromatic carbocycles. The Morgan fingerprint density at radius 3 is 1.79 bits per heavy atom. The summed E-state index contributed by atoms with van der Waals surface area (Å²) in [4.78, 5) is 12.9. The Labute approximate surface area is 145 Å². The van der Waals surface area contributed by atoms with Crippen molar-refractivity contribution in [1.29, 1.82) is 0 Å². The van der Waals surface area contributed by atoms with E-state index in [4.69, 9.17) is 4.74 Å². The van der Waals surface area contributed by atoms with Crippen LogP contribution in [0.5, 0.6) is 0 Å². The number of hydrogen-bond donors (Lipinski definition) is 0. The van der Waals surface area contributed by atoms with E-state index in [9.17, 15) is 4.79 Å². The number of ether oxygens (including phenoxy) is 1. The monoisotopic (exact) mass is 324 g/mol. The summed E-state index contributed by atoms with van der Waals surface area (Å²) in [5, 5.41) is 0. The molecule has 2 rings (SSSR count). The lowest BCUT2D eigenvalue weighted by Crippen LogP contribution is -2.37. The Kier molecular flexibility index (Phi) is 5.82. The molecule has 0 spiro atoms. The molecule has 0 amide bonds. The van der Waals surface area contributed by atoms with Gasteiger partial charge in [-0.3, -0.25) is 4.79 Å². The topological polar surface area (TPSA) is 26.3 Å². The minimum atomic E-state index is -0.605. The molecular weight excluding hydrogens is 296 g/mol. The third-order valence-electron chi connectivity index (χ3n) is 5.34. The first-order valence-electron chi connectivity index (χ1n) is 8.74. The maximum atomic E-state index is 12.9. The predicted octanol–water partition coefficient (Wildman–Crippen LogP) is 5.27. The first-order valence-corrected chi connectivity index (χ1v) is 8.74. The summed E-state index contributed by atoms with van der Waals surface area (Å²) < 4.78 is 5.82. The summed E-state index contributed by atoms with van der Waals surface area (Å²) in [5.41, 5.74) is 1.45. The number of carbonyl (C=O) groups excluding carboxylic acids is 1. The quantitative estimate of drug-likeness (QED) is 0.649. The number of hydrogen-bond acceptors (Lipinski definition) is 2. The molecule has 0 saturated heterocycles. The molecule has 0 N–H and O–H groups in total. The third-order valence-corrected chi connectivity index (χ3v) is 5.34. The van der Waals surface area contributed by atoms with Gasteiger partial charge >= 0.3 is 5.97 Å². The molecule has 2 unspecified atom stereocenters. The number of esters is 1. The number of rotatable bonds is 7. The van der Waals surface area contributed by atoms with Crippen LogP contribution in [0.4, 0.5) is 0 Å². The normalized spacial score (nSPS) is 16.0. The van der Waals surface area contributed by atoms with Crippen LogP contribution >= 0.6 is 0 Å². The van der Waals surface area contributed by atoms with Crippen LogP contribution < -0.4 is 0 Å². The molecule has 0 bridgehead atoms. The second-order valence-corrected chi connectivity index (χ2v) is 6.91. The van der Waals surface area contributed by atoms with Crippen molar-refractivity contribution >= 4 is 5.97 Å². The third kappa shape index (κ3) is 3.69. The molecule has 24 heavy (non-hydrogen) atoms. The van der Waals surface area contributed by atoms with E-state index in [-0.39, 0.29) is 11.4 Å². The van der Waals surface area contributed by atoms with E-state index in [0.717, 1.165) is 12.0 Å². The Balaban J connectivity index is 2.16. The smallest absolute Gasteiger partial charge is 0.316 e. The largest absolute Gasteiger partial charge is 0.464 e. The highest BCUT2D eigenvalue weighted by Gasteiger charge is 2.36. The van der Waals surface area contributed by atoms with Gasteiger partial charge < -0.3 is 4.74 Å². The number of carbonyl (C=O) groups is 1. The van der Waals surface area contributed by atoms with E-state index in [0.29, 0.717) is 13.0 Å². The SMILES string of the molecule is CCC(C)(COC(=O)C(C)(CC)c1ccccc1)c1ccccc1. The molecule has 2 heteroatoms. The highest BCUT2D eigenvalue weighted by molar-refractivity contribution is 5.82. The Bertz CT molecular complexity index is 650. The molecule has 128 valence electrons. The van der Waals surface area contributed by atoms with Gasteiger partial charge in [-0.1, -0.05) is 81.4 Å². The minimum absolute atomic E-state index is 0.146. The van der Waals surface area contributed by atoms with Gasteiger partial charge in [-0.15, -0.1) is 0 Å². The molecule has 2 nitrogen and oxygen atoms in total. The summed E-state index contributed by atoms with van der Waals surface area (Å²) >= 11 is 0. The first-order chi connectivity index (χ1) is 11.5. The van der Waals surface area contributed by atoms with Gasteiger partial charge in [0.1, 0.15) is 6.61 Å². The zero-order chi connectivity index (χ0) is 17.6. The average molecular weight is 324 g/mol. The van der Waals surface area contributed by atoms with Crippen LogP contribution in [0.15, 0.2) is 60.7 Å². The van der Waals surface area contributed by atoms with Crippen LogP contribution in [-0.4, -0.2) is 12.6 Å². The van der Waals surface area contributed by atoms with Crippen molar-refractivity contribution in [3.63, 3.8) is 0 Å². The van der Waals surface area contributed by atoms with Crippen molar-refractivity contribution in [2.75, 3.05) is 6.61 Å². The summed E-state index contributed by atoms with van der Waals surface area (Å²) in [6.07, 6.45) is 1.63. The number of benzene rings is 2. The van der Waals surface area contributed by atoms with Gasteiger partial charge in [-0.05, 0) is 30.9 Å². The van der Waals surface area contributed by atoms with Crippen LogP contribution in [0.25, 0.3) is 0 Å². The summed E-state index contributed by atoms with van der Waals surface area (Å²) in [6.45, 7) is 8.69. The standard InChI is InChI=1S/C22H28O2/c1-5-21(3,18-13-9-7-10-14-18)17-24-20(23)22(4,6-2)19-15-11-8-12-16-19/h7-16H,5-6,17H2,1-4H3. The Hall–Kier alpha value is -2.09. The van der Waals surface area contributed by atoms with Gasteiger partial charge in [0.2, 0.25) is 0 Å². The molecule has 0 fully saturated rings. The van der Waals surface area contributed by atoms with Crippen molar-refractivity contribution in [3.05, 3.63) is 71.8 Å². The highest BCUT2D eigenvalue weighted by Crippen LogP contribution is 2.32. The zero-order valence-corrected chi connectivity index (χ0v) is 15.2. The van der Waals surface area contributed by atoms with Crippen molar-refractivity contribution in [2.45, 2.75) is 51.4 Å². The van der Waals surface area contributed by atoms with Gasteiger partial charge in [-0.2, -0.15) is 0 Å². The summed E-state index contributed by atoms with van der Waals surface area (Å²) in [6, 6.07) is 20.2.